The Hall–Kier alpha value is -3.20. The molecular weight excluding hydrogens is 420 g/mol. The van der Waals surface area contributed by atoms with Gasteiger partial charge in [-0.1, -0.05) is 6.42 Å². The summed E-state index contributed by atoms with van der Waals surface area (Å²) in [6.45, 7) is 6.63. The van der Waals surface area contributed by atoms with Gasteiger partial charge in [0.2, 0.25) is 5.91 Å². The molecule has 1 saturated heterocycles. The van der Waals surface area contributed by atoms with Gasteiger partial charge in [-0.15, -0.1) is 0 Å². The number of rotatable bonds is 8. The smallest absolute Gasteiger partial charge is 0.293 e. The van der Waals surface area contributed by atoms with Crippen LogP contribution in [-0.2, 0) is 11.3 Å². The van der Waals surface area contributed by atoms with E-state index in [-0.39, 0.29) is 18.0 Å². The van der Waals surface area contributed by atoms with Gasteiger partial charge >= 0.3 is 0 Å². The first kappa shape index (κ1) is 23.0. The van der Waals surface area contributed by atoms with Crippen LogP contribution in [0, 0.1) is 6.92 Å². The monoisotopic (exact) mass is 452 g/mol. The summed E-state index contributed by atoms with van der Waals surface area (Å²) in [4.78, 5) is 27.9. The maximum Gasteiger partial charge on any atom is 0.293 e. The number of carbonyl (C=O) groups excluding carboxylic acids is 1. The van der Waals surface area contributed by atoms with E-state index in [2.05, 4.69) is 27.3 Å². The third-order valence-corrected chi connectivity index (χ3v) is 6.30. The lowest BCUT2D eigenvalue weighted by atomic mass is 10.0. The fourth-order valence-electron chi connectivity index (χ4n) is 4.38. The van der Waals surface area contributed by atoms with Gasteiger partial charge in [-0.25, -0.2) is 9.20 Å². The molecule has 1 aliphatic rings. The van der Waals surface area contributed by atoms with Crippen molar-refractivity contribution in [2.45, 2.75) is 52.1 Å². The van der Waals surface area contributed by atoms with E-state index in [0.29, 0.717) is 29.6 Å². The second kappa shape index (κ2) is 10.2. The molecule has 1 aromatic carbocycles. The molecule has 33 heavy (non-hydrogen) atoms. The van der Waals surface area contributed by atoms with Crippen molar-refractivity contribution in [3.63, 3.8) is 0 Å². The number of hydrogen-bond donors (Lipinski definition) is 1. The van der Waals surface area contributed by atoms with Gasteiger partial charge in [0.1, 0.15) is 23.6 Å². The largest absolute Gasteiger partial charge is 0.497 e. The van der Waals surface area contributed by atoms with Crippen molar-refractivity contribution < 1.29 is 9.53 Å². The average molecular weight is 453 g/mol. The summed E-state index contributed by atoms with van der Waals surface area (Å²) in [6.07, 6.45) is 4.70. The normalized spacial score (nSPS) is 16.8. The van der Waals surface area contributed by atoms with E-state index in [1.54, 1.807) is 20.1 Å². The molecule has 0 bridgehead atoms. The van der Waals surface area contributed by atoms with Crippen LogP contribution in [-0.4, -0.2) is 63.0 Å². The number of piperidine rings is 1. The zero-order valence-electron chi connectivity index (χ0n) is 19.6. The molecule has 2 aromatic heterocycles. The fraction of sp³-hybridized carbons (Fsp3) is 0.500. The van der Waals surface area contributed by atoms with Gasteiger partial charge in [-0.05, 0) is 70.0 Å². The molecule has 1 atom stereocenters. The van der Waals surface area contributed by atoms with E-state index in [4.69, 9.17) is 4.74 Å². The minimum atomic E-state index is -0.342. The first-order valence-electron chi connectivity index (χ1n) is 11.6. The fourth-order valence-corrected chi connectivity index (χ4v) is 4.38. The minimum Gasteiger partial charge on any atom is -0.497 e. The highest BCUT2D eigenvalue weighted by Gasteiger charge is 2.18. The quantitative estimate of drug-likeness (QED) is 0.527. The minimum absolute atomic E-state index is 0.112. The number of carbonyl (C=O) groups is 1. The highest BCUT2D eigenvalue weighted by molar-refractivity contribution is 5.75. The molecule has 176 valence electrons. The van der Waals surface area contributed by atoms with E-state index >= 15 is 0 Å². The van der Waals surface area contributed by atoms with Crippen LogP contribution in [0.1, 0.15) is 38.4 Å². The van der Waals surface area contributed by atoms with E-state index in [9.17, 15) is 9.59 Å². The first-order chi connectivity index (χ1) is 16.0. The van der Waals surface area contributed by atoms with Crippen molar-refractivity contribution in [1.82, 2.24) is 29.6 Å². The Balaban J connectivity index is 1.40. The lowest BCUT2D eigenvalue weighted by Gasteiger charge is -2.33. The molecule has 1 fully saturated rings. The standard InChI is InChI=1S/C24H32N6O3/c1-17-7-4-5-13-28(17)14-6-12-25-23(31)16-29-24(32)22-15-21(27-30(22)18(2)26-29)19-8-10-20(33-3)11-9-19/h8-11,15,17H,4-7,12-14,16H2,1-3H3,(H,25,31)/t17-/m0/s1. The maximum absolute atomic E-state index is 13.0. The van der Waals surface area contributed by atoms with Crippen LogP contribution in [0.4, 0.5) is 0 Å². The van der Waals surface area contributed by atoms with Crippen LogP contribution >= 0.6 is 0 Å². The summed E-state index contributed by atoms with van der Waals surface area (Å²) in [6, 6.07) is 9.82. The Bertz CT molecular complexity index is 1170. The summed E-state index contributed by atoms with van der Waals surface area (Å²) < 4.78 is 7.93. The van der Waals surface area contributed by atoms with Gasteiger partial charge < -0.3 is 15.0 Å². The van der Waals surface area contributed by atoms with Gasteiger partial charge in [0.25, 0.3) is 5.56 Å². The van der Waals surface area contributed by atoms with Crippen LogP contribution in [0.5, 0.6) is 5.75 Å². The SMILES string of the molecule is COc1ccc(-c2cc3c(=O)n(CC(=O)NCCCN4CCCC[C@@H]4C)nc(C)n3n2)cc1. The third-order valence-electron chi connectivity index (χ3n) is 6.30. The average Bonchev–Trinajstić information content (AvgIpc) is 3.28. The summed E-state index contributed by atoms with van der Waals surface area (Å²) in [5.74, 6) is 1.07. The molecule has 0 spiro atoms. The van der Waals surface area contributed by atoms with Gasteiger partial charge in [0, 0.05) is 24.7 Å². The number of benzene rings is 1. The predicted molar refractivity (Wildman–Crippen MR) is 126 cm³/mol. The predicted octanol–water partition coefficient (Wildman–Crippen LogP) is 2.26. The van der Waals surface area contributed by atoms with Crippen LogP contribution in [0.3, 0.4) is 0 Å². The number of methoxy groups -OCH3 is 1. The molecule has 1 N–H and O–H groups in total. The number of nitrogens with one attached hydrogen (secondary N) is 1. The number of amides is 1. The van der Waals surface area contributed by atoms with E-state index in [0.717, 1.165) is 30.8 Å². The Kier molecular flexibility index (Phi) is 7.08. The number of likely N-dealkylation sites (tertiary alicyclic amines) is 1. The first-order valence-corrected chi connectivity index (χ1v) is 11.6. The summed E-state index contributed by atoms with van der Waals surface area (Å²) in [5.41, 5.74) is 1.57. The van der Waals surface area contributed by atoms with Crippen LogP contribution in [0.2, 0.25) is 0 Å². The van der Waals surface area contributed by atoms with Gasteiger partial charge in [-0.3, -0.25) is 9.59 Å². The summed E-state index contributed by atoms with van der Waals surface area (Å²) >= 11 is 0. The Morgan fingerprint density at radius 2 is 2.00 bits per heavy atom. The molecule has 3 aromatic rings. The van der Waals surface area contributed by atoms with Crippen LogP contribution in [0.25, 0.3) is 16.8 Å². The zero-order chi connectivity index (χ0) is 23.4. The summed E-state index contributed by atoms with van der Waals surface area (Å²) in [5, 5.41) is 11.8. The number of aromatic nitrogens is 4. The van der Waals surface area contributed by atoms with Crippen molar-refractivity contribution in [3.05, 3.63) is 46.5 Å². The number of ether oxygens (including phenoxy) is 1. The number of nitrogens with zero attached hydrogens (tertiary/aromatic N) is 5. The molecule has 0 unspecified atom stereocenters. The Morgan fingerprint density at radius 1 is 1.21 bits per heavy atom. The molecule has 3 heterocycles. The number of fused-ring (bicyclic) bond motifs is 1. The van der Waals surface area contributed by atoms with Crippen molar-refractivity contribution in [2.75, 3.05) is 26.7 Å². The van der Waals surface area contributed by atoms with E-state index in [1.165, 1.54) is 28.5 Å². The molecule has 0 radical (unpaired) electrons. The molecule has 0 saturated carbocycles. The highest BCUT2D eigenvalue weighted by Crippen LogP contribution is 2.22. The summed E-state index contributed by atoms with van der Waals surface area (Å²) in [7, 11) is 1.61. The third kappa shape index (κ3) is 5.24. The molecular formula is C24H32N6O3. The van der Waals surface area contributed by atoms with Crippen molar-refractivity contribution in [3.8, 4) is 17.0 Å². The number of aryl methyl sites for hydroxylation is 1. The molecule has 1 aliphatic heterocycles. The van der Waals surface area contributed by atoms with Gasteiger partial charge in [0.05, 0.1) is 12.8 Å². The molecule has 9 nitrogen and oxygen atoms in total. The lowest BCUT2D eigenvalue weighted by Crippen LogP contribution is -2.40. The topological polar surface area (TPSA) is 93.8 Å². The Labute approximate surface area is 193 Å². The van der Waals surface area contributed by atoms with Crippen molar-refractivity contribution in [1.29, 1.82) is 0 Å². The molecule has 0 aliphatic carbocycles. The number of hydrogen-bond acceptors (Lipinski definition) is 6. The lowest BCUT2D eigenvalue weighted by molar-refractivity contribution is -0.121. The zero-order valence-corrected chi connectivity index (χ0v) is 19.6. The van der Waals surface area contributed by atoms with Gasteiger partial charge in [0.15, 0.2) is 0 Å². The van der Waals surface area contributed by atoms with Gasteiger partial charge in [-0.2, -0.15) is 10.2 Å². The molecule has 1 amide bonds. The molecule has 4 rings (SSSR count). The second-order valence-corrected chi connectivity index (χ2v) is 8.65. The Morgan fingerprint density at radius 3 is 2.73 bits per heavy atom. The van der Waals surface area contributed by atoms with E-state index < -0.39 is 0 Å². The van der Waals surface area contributed by atoms with Crippen molar-refractivity contribution >= 4 is 11.4 Å². The van der Waals surface area contributed by atoms with Crippen molar-refractivity contribution in [2.24, 2.45) is 0 Å². The van der Waals surface area contributed by atoms with E-state index in [1.807, 2.05) is 24.3 Å². The molecule has 9 heteroatoms. The second-order valence-electron chi connectivity index (χ2n) is 8.65. The maximum atomic E-state index is 13.0. The highest BCUT2D eigenvalue weighted by atomic mass is 16.5. The van der Waals surface area contributed by atoms with Crippen LogP contribution in [0.15, 0.2) is 35.1 Å². The van der Waals surface area contributed by atoms with Crippen LogP contribution < -0.4 is 15.6 Å².